The molecule has 114 valence electrons. The largest absolute Gasteiger partial charge is 0.365 e. The molecule has 3 rings (SSSR count). The lowest BCUT2D eigenvalue weighted by Crippen LogP contribution is -2.27. The van der Waals surface area contributed by atoms with Crippen molar-refractivity contribution in [1.82, 2.24) is 14.6 Å². The number of anilines is 1. The maximum Gasteiger partial charge on any atom is 0.152 e. The SMILES string of the molecule is CC(C)c1cc2c(NC3CCCCCC3C)nccn2n1. The van der Waals surface area contributed by atoms with E-state index < -0.39 is 0 Å². The normalized spacial score (nSPS) is 23.4. The van der Waals surface area contributed by atoms with Crippen molar-refractivity contribution in [3.63, 3.8) is 0 Å². The Morgan fingerprint density at radius 2 is 2.05 bits per heavy atom. The van der Waals surface area contributed by atoms with Crippen molar-refractivity contribution in [1.29, 1.82) is 0 Å². The number of nitrogens with one attached hydrogen (secondary N) is 1. The maximum absolute atomic E-state index is 4.64. The highest BCUT2D eigenvalue weighted by atomic mass is 15.2. The topological polar surface area (TPSA) is 42.2 Å². The van der Waals surface area contributed by atoms with Gasteiger partial charge in [0.25, 0.3) is 0 Å². The molecule has 2 aromatic rings. The van der Waals surface area contributed by atoms with Crippen LogP contribution in [0.4, 0.5) is 5.82 Å². The average molecular weight is 286 g/mol. The van der Waals surface area contributed by atoms with Crippen molar-refractivity contribution >= 4 is 11.3 Å². The van der Waals surface area contributed by atoms with Crippen LogP contribution in [0.15, 0.2) is 18.5 Å². The summed E-state index contributed by atoms with van der Waals surface area (Å²) in [5.74, 6) is 2.13. The Balaban J connectivity index is 1.89. The van der Waals surface area contributed by atoms with Gasteiger partial charge in [-0.25, -0.2) is 9.50 Å². The Kier molecular flexibility index (Phi) is 4.13. The van der Waals surface area contributed by atoms with Gasteiger partial charge in [0.2, 0.25) is 0 Å². The zero-order valence-corrected chi connectivity index (χ0v) is 13.3. The second kappa shape index (κ2) is 6.04. The van der Waals surface area contributed by atoms with Crippen LogP contribution in [0, 0.1) is 5.92 Å². The van der Waals surface area contributed by atoms with Crippen molar-refractivity contribution in [3.8, 4) is 0 Å². The Morgan fingerprint density at radius 3 is 2.86 bits per heavy atom. The van der Waals surface area contributed by atoms with Gasteiger partial charge in [-0.1, -0.05) is 40.0 Å². The molecule has 4 nitrogen and oxygen atoms in total. The van der Waals surface area contributed by atoms with Crippen LogP contribution >= 0.6 is 0 Å². The van der Waals surface area contributed by atoms with Gasteiger partial charge in [0, 0.05) is 18.4 Å². The third-order valence-corrected chi connectivity index (χ3v) is 4.68. The number of hydrogen-bond donors (Lipinski definition) is 1. The van der Waals surface area contributed by atoms with E-state index in [4.69, 9.17) is 0 Å². The van der Waals surface area contributed by atoms with Crippen molar-refractivity contribution in [2.24, 2.45) is 5.92 Å². The first kappa shape index (κ1) is 14.4. The van der Waals surface area contributed by atoms with Gasteiger partial charge in [0.15, 0.2) is 5.82 Å². The van der Waals surface area contributed by atoms with Crippen molar-refractivity contribution in [3.05, 3.63) is 24.2 Å². The smallest absolute Gasteiger partial charge is 0.152 e. The van der Waals surface area contributed by atoms with Gasteiger partial charge < -0.3 is 5.32 Å². The van der Waals surface area contributed by atoms with Crippen molar-refractivity contribution in [2.75, 3.05) is 5.32 Å². The third-order valence-electron chi connectivity index (χ3n) is 4.68. The zero-order chi connectivity index (χ0) is 14.8. The van der Waals surface area contributed by atoms with Gasteiger partial charge in [0.1, 0.15) is 5.52 Å². The molecule has 2 atom stereocenters. The molecule has 1 aliphatic rings. The minimum absolute atomic E-state index is 0.439. The molecule has 1 fully saturated rings. The molecule has 0 aliphatic heterocycles. The van der Waals surface area contributed by atoms with E-state index in [-0.39, 0.29) is 0 Å². The molecule has 0 aromatic carbocycles. The summed E-state index contributed by atoms with van der Waals surface area (Å²) in [6, 6.07) is 2.70. The molecule has 0 radical (unpaired) electrons. The number of hydrogen-bond acceptors (Lipinski definition) is 3. The van der Waals surface area contributed by atoms with Crippen molar-refractivity contribution < 1.29 is 0 Å². The second-order valence-electron chi connectivity index (χ2n) is 6.70. The fourth-order valence-corrected chi connectivity index (χ4v) is 3.22. The van der Waals surface area contributed by atoms with Gasteiger partial charge in [-0.05, 0) is 30.7 Å². The summed E-state index contributed by atoms with van der Waals surface area (Å²) in [5, 5.41) is 8.33. The van der Waals surface area contributed by atoms with Crippen LogP contribution in [0.1, 0.15) is 64.5 Å². The number of fused-ring (bicyclic) bond motifs is 1. The standard InChI is InChI=1S/C17H26N4/c1-12(2)15-11-16-17(18-9-10-21(16)20-15)19-14-8-6-4-5-7-13(14)3/h9-14H,4-8H2,1-3H3,(H,18,19). The van der Waals surface area contributed by atoms with Gasteiger partial charge in [-0.3, -0.25) is 0 Å². The van der Waals surface area contributed by atoms with E-state index in [1.54, 1.807) is 0 Å². The first-order chi connectivity index (χ1) is 10.1. The van der Waals surface area contributed by atoms with E-state index in [0.717, 1.165) is 17.0 Å². The highest BCUT2D eigenvalue weighted by molar-refractivity contribution is 5.68. The first-order valence-electron chi connectivity index (χ1n) is 8.26. The van der Waals surface area contributed by atoms with Gasteiger partial charge in [0.05, 0.1) is 5.69 Å². The van der Waals surface area contributed by atoms with Gasteiger partial charge in [-0.15, -0.1) is 0 Å². The highest BCUT2D eigenvalue weighted by Crippen LogP contribution is 2.27. The third kappa shape index (κ3) is 3.04. The zero-order valence-electron chi connectivity index (χ0n) is 13.3. The van der Waals surface area contributed by atoms with Crippen LogP contribution in [0.3, 0.4) is 0 Å². The summed E-state index contributed by atoms with van der Waals surface area (Å²) in [6.45, 7) is 6.71. The molecule has 4 heteroatoms. The van der Waals surface area contributed by atoms with Crippen LogP contribution in [0.5, 0.6) is 0 Å². The van der Waals surface area contributed by atoms with Crippen LogP contribution in [0.25, 0.3) is 5.52 Å². The number of nitrogens with zero attached hydrogens (tertiary/aromatic N) is 3. The average Bonchev–Trinajstić information content (AvgIpc) is 2.81. The lowest BCUT2D eigenvalue weighted by atomic mass is 9.97. The molecular weight excluding hydrogens is 260 g/mol. The minimum atomic E-state index is 0.439. The Hall–Kier alpha value is -1.58. The maximum atomic E-state index is 4.64. The molecule has 0 spiro atoms. The Morgan fingerprint density at radius 1 is 1.24 bits per heavy atom. The Bertz CT molecular complexity index is 602. The molecule has 21 heavy (non-hydrogen) atoms. The molecule has 2 unspecified atom stereocenters. The van der Waals surface area contributed by atoms with Crippen LogP contribution < -0.4 is 5.32 Å². The van der Waals surface area contributed by atoms with Gasteiger partial charge >= 0.3 is 0 Å². The van der Waals surface area contributed by atoms with E-state index in [9.17, 15) is 0 Å². The van der Waals surface area contributed by atoms with E-state index >= 15 is 0 Å². The quantitative estimate of drug-likeness (QED) is 0.858. The summed E-state index contributed by atoms with van der Waals surface area (Å²) in [4.78, 5) is 4.57. The predicted octanol–water partition coefficient (Wildman–Crippen LogP) is 4.23. The number of rotatable bonds is 3. The second-order valence-corrected chi connectivity index (χ2v) is 6.70. The lowest BCUT2D eigenvalue weighted by molar-refractivity contribution is 0.456. The molecule has 1 N–H and O–H groups in total. The molecule has 0 saturated heterocycles. The predicted molar refractivity (Wildman–Crippen MR) is 86.7 cm³/mol. The van der Waals surface area contributed by atoms with E-state index in [1.165, 1.54) is 32.1 Å². The minimum Gasteiger partial charge on any atom is -0.365 e. The first-order valence-corrected chi connectivity index (χ1v) is 8.26. The Labute approximate surface area is 127 Å². The summed E-state index contributed by atoms with van der Waals surface area (Å²) in [6.07, 6.45) is 10.4. The summed E-state index contributed by atoms with van der Waals surface area (Å²) >= 11 is 0. The molecule has 1 aliphatic carbocycles. The number of aromatic nitrogens is 3. The van der Waals surface area contributed by atoms with Crippen molar-refractivity contribution in [2.45, 2.75) is 64.8 Å². The molecule has 2 aromatic heterocycles. The fraction of sp³-hybridized carbons (Fsp3) is 0.647. The molecule has 2 heterocycles. The monoisotopic (exact) mass is 286 g/mol. The molecule has 0 amide bonds. The van der Waals surface area contributed by atoms with Crippen LogP contribution in [-0.2, 0) is 0 Å². The summed E-state index contributed by atoms with van der Waals surface area (Å²) < 4.78 is 1.95. The fourth-order valence-electron chi connectivity index (χ4n) is 3.22. The van der Waals surface area contributed by atoms with Gasteiger partial charge in [-0.2, -0.15) is 5.10 Å². The summed E-state index contributed by atoms with van der Waals surface area (Å²) in [5.41, 5.74) is 2.22. The lowest BCUT2D eigenvalue weighted by Gasteiger charge is -2.23. The molecule has 0 bridgehead atoms. The van der Waals surface area contributed by atoms with Crippen LogP contribution in [0.2, 0.25) is 0 Å². The van der Waals surface area contributed by atoms with Crippen LogP contribution in [-0.4, -0.2) is 20.6 Å². The van der Waals surface area contributed by atoms with E-state index in [1.807, 2.05) is 16.9 Å². The van der Waals surface area contributed by atoms with E-state index in [2.05, 4.69) is 42.2 Å². The molecule has 1 saturated carbocycles. The molecular formula is C17H26N4. The van der Waals surface area contributed by atoms with E-state index in [0.29, 0.717) is 17.9 Å². The summed E-state index contributed by atoms with van der Waals surface area (Å²) in [7, 11) is 0. The highest BCUT2D eigenvalue weighted by Gasteiger charge is 2.21.